The van der Waals surface area contributed by atoms with E-state index in [0.29, 0.717) is 50.4 Å². The normalized spacial score (nSPS) is 18.1. The van der Waals surface area contributed by atoms with Gasteiger partial charge >= 0.3 is 12.5 Å². The molecular formula is C22H26F6N6O. The molecule has 7 nitrogen and oxygen atoms in total. The second-order valence-corrected chi connectivity index (χ2v) is 8.83. The van der Waals surface area contributed by atoms with Crippen LogP contribution in [0.15, 0.2) is 25.0 Å². The third-order valence-corrected chi connectivity index (χ3v) is 6.00. The van der Waals surface area contributed by atoms with E-state index in [4.69, 9.17) is 5.73 Å². The van der Waals surface area contributed by atoms with Crippen LogP contribution in [0.4, 0.5) is 32.2 Å². The zero-order valence-corrected chi connectivity index (χ0v) is 18.9. The largest absolute Gasteiger partial charge is 0.573 e. The number of hydrogen-bond donors (Lipinski definition) is 1. The number of nitrogens with zero attached hydrogens (tertiary/aromatic N) is 5. The highest BCUT2D eigenvalue weighted by atomic mass is 19.4. The van der Waals surface area contributed by atoms with E-state index < -0.39 is 24.8 Å². The molecule has 2 aromatic heterocycles. The molecule has 192 valence electrons. The Kier molecular flexibility index (Phi) is 7.00. The Morgan fingerprint density at radius 3 is 2.34 bits per heavy atom. The molecule has 2 fully saturated rings. The number of anilines is 1. The molecule has 3 heterocycles. The first kappa shape index (κ1) is 25.3. The Hall–Kier alpha value is -2.80. The number of rotatable bonds is 8. The van der Waals surface area contributed by atoms with Gasteiger partial charge in [-0.05, 0) is 18.9 Å². The molecule has 13 heteroatoms. The number of imidazole rings is 1. The summed E-state index contributed by atoms with van der Waals surface area (Å²) in [6, 6.07) is 1.16. The van der Waals surface area contributed by atoms with Gasteiger partial charge in [0, 0.05) is 68.7 Å². The summed E-state index contributed by atoms with van der Waals surface area (Å²) in [7, 11) is 0. The first-order chi connectivity index (χ1) is 16.4. The van der Waals surface area contributed by atoms with E-state index in [2.05, 4.69) is 26.2 Å². The fourth-order valence-electron chi connectivity index (χ4n) is 4.05. The van der Waals surface area contributed by atoms with Gasteiger partial charge in [0.1, 0.15) is 5.82 Å². The van der Waals surface area contributed by atoms with Crippen molar-refractivity contribution in [3.8, 4) is 17.0 Å². The molecule has 2 aliphatic rings. The van der Waals surface area contributed by atoms with Crippen LogP contribution in [0.2, 0.25) is 0 Å². The predicted octanol–water partition coefficient (Wildman–Crippen LogP) is 4.34. The number of nitrogen functional groups attached to an aromatic ring is 1. The lowest BCUT2D eigenvalue weighted by Crippen LogP contribution is -2.49. The first-order valence-electron chi connectivity index (χ1n) is 11.2. The van der Waals surface area contributed by atoms with E-state index in [1.165, 1.54) is 11.1 Å². The fraction of sp³-hybridized carbons (Fsp3) is 0.545. The Labute approximate surface area is 198 Å². The average Bonchev–Trinajstić information content (AvgIpc) is 3.50. The Morgan fingerprint density at radius 2 is 1.74 bits per heavy atom. The van der Waals surface area contributed by atoms with Crippen LogP contribution in [0, 0.1) is 0 Å². The summed E-state index contributed by atoms with van der Waals surface area (Å²) in [6.07, 6.45) is -3.58. The van der Waals surface area contributed by atoms with E-state index in [9.17, 15) is 26.3 Å². The second-order valence-electron chi connectivity index (χ2n) is 8.83. The van der Waals surface area contributed by atoms with Gasteiger partial charge in [-0.25, -0.2) is 9.97 Å². The van der Waals surface area contributed by atoms with Crippen molar-refractivity contribution >= 4 is 11.5 Å². The van der Waals surface area contributed by atoms with Crippen LogP contribution in [0.3, 0.4) is 0 Å². The molecule has 0 radical (unpaired) electrons. The monoisotopic (exact) mass is 504 g/mol. The quantitative estimate of drug-likeness (QED) is 0.540. The fourth-order valence-corrected chi connectivity index (χ4v) is 4.05. The summed E-state index contributed by atoms with van der Waals surface area (Å²) < 4.78 is 81.6. The van der Waals surface area contributed by atoms with Gasteiger partial charge in [-0.1, -0.05) is 6.58 Å². The molecule has 0 bridgehead atoms. The van der Waals surface area contributed by atoms with Crippen LogP contribution < -0.4 is 10.5 Å². The number of halogens is 6. The number of aromatic nitrogens is 3. The number of hydrogen-bond acceptors (Lipinski definition) is 6. The van der Waals surface area contributed by atoms with Crippen molar-refractivity contribution in [2.75, 3.05) is 45.0 Å². The minimum Gasteiger partial charge on any atom is -0.402 e. The maximum absolute atomic E-state index is 12.7. The third-order valence-electron chi connectivity index (χ3n) is 6.00. The molecule has 0 atom stereocenters. The van der Waals surface area contributed by atoms with Gasteiger partial charge in [-0.2, -0.15) is 13.2 Å². The van der Waals surface area contributed by atoms with Gasteiger partial charge in [0.2, 0.25) is 0 Å². The minimum absolute atomic E-state index is 0.235. The standard InChI is InChI=1S/C22H26F6N6O/c1-14(4-5-32-6-8-33(9-7-32)13-21(23,24)25)34-12-17(31-20(34)15-2-3-15)16-10-18(19(29)30-11-16)35-22(26,27)28/h10-12,15H,1-9,13H2,(H2,29,30). The van der Waals surface area contributed by atoms with Crippen LogP contribution in [0.25, 0.3) is 17.0 Å². The van der Waals surface area contributed by atoms with Crippen molar-refractivity contribution in [3.63, 3.8) is 0 Å². The van der Waals surface area contributed by atoms with Gasteiger partial charge in [0.15, 0.2) is 11.6 Å². The molecular weight excluding hydrogens is 478 g/mol. The zero-order valence-electron chi connectivity index (χ0n) is 18.9. The molecule has 1 saturated heterocycles. The number of pyridine rings is 1. The number of nitrogens with two attached hydrogens (primary N) is 1. The van der Waals surface area contributed by atoms with E-state index in [0.717, 1.165) is 30.4 Å². The highest BCUT2D eigenvalue weighted by Gasteiger charge is 2.34. The summed E-state index contributed by atoms with van der Waals surface area (Å²) in [5.41, 5.74) is 7.03. The Balaban J connectivity index is 1.42. The highest BCUT2D eigenvalue weighted by Crippen LogP contribution is 2.42. The van der Waals surface area contributed by atoms with Crippen LogP contribution in [-0.2, 0) is 0 Å². The van der Waals surface area contributed by atoms with Gasteiger partial charge in [-0.3, -0.25) is 4.90 Å². The third kappa shape index (κ3) is 6.88. The molecule has 1 aliphatic carbocycles. The van der Waals surface area contributed by atoms with Crippen molar-refractivity contribution < 1.29 is 31.1 Å². The molecule has 2 N–H and O–H groups in total. The number of piperazine rings is 1. The Bertz CT molecular complexity index is 1050. The SMILES string of the molecule is C=C(CCN1CCN(CC(F)(F)F)CC1)n1cc(-c2cnc(N)c(OC(F)(F)F)c2)nc1C1CC1. The van der Waals surface area contributed by atoms with Crippen LogP contribution in [0.1, 0.15) is 31.0 Å². The molecule has 35 heavy (non-hydrogen) atoms. The molecule has 0 unspecified atom stereocenters. The molecule has 0 aromatic carbocycles. The van der Waals surface area contributed by atoms with Crippen LogP contribution >= 0.6 is 0 Å². The van der Waals surface area contributed by atoms with E-state index in [1.807, 2.05) is 4.57 Å². The van der Waals surface area contributed by atoms with Crippen molar-refractivity contribution in [3.05, 3.63) is 30.9 Å². The molecule has 0 amide bonds. The van der Waals surface area contributed by atoms with Gasteiger partial charge in [0.05, 0.1) is 12.2 Å². The molecule has 1 aliphatic heterocycles. The maximum Gasteiger partial charge on any atom is 0.573 e. The second kappa shape index (κ2) is 9.69. The summed E-state index contributed by atoms with van der Waals surface area (Å²) in [5.74, 6) is 0.0304. The first-order valence-corrected chi connectivity index (χ1v) is 11.2. The van der Waals surface area contributed by atoms with E-state index in [-0.39, 0.29) is 11.7 Å². The molecule has 1 saturated carbocycles. The molecule has 4 rings (SSSR count). The summed E-state index contributed by atoms with van der Waals surface area (Å²) >= 11 is 0. The van der Waals surface area contributed by atoms with Crippen molar-refractivity contribution in [1.29, 1.82) is 0 Å². The van der Waals surface area contributed by atoms with E-state index in [1.54, 1.807) is 6.20 Å². The van der Waals surface area contributed by atoms with Crippen molar-refractivity contribution in [1.82, 2.24) is 24.3 Å². The maximum atomic E-state index is 12.7. The highest BCUT2D eigenvalue weighted by molar-refractivity contribution is 5.65. The predicted molar refractivity (Wildman–Crippen MR) is 117 cm³/mol. The lowest BCUT2D eigenvalue weighted by atomic mass is 10.2. The molecule has 2 aromatic rings. The topological polar surface area (TPSA) is 72.4 Å². The zero-order chi connectivity index (χ0) is 25.4. The lowest BCUT2D eigenvalue weighted by Gasteiger charge is -2.35. The van der Waals surface area contributed by atoms with Crippen molar-refractivity contribution in [2.24, 2.45) is 0 Å². The smallest absolute Gasteiger partial charge is 0.402 e. The lowest BCUT2D eigenvalue weighted by molar-refractivity contribution is -0.274. The minimum atomic E-state index is -4.90. The number of alkyl halides is 6. The summed E-state index contributed by atoms with van der Waals surface area (Å²) in [5, 5.41) is 0. The van der Waals surface area contributed by atoms with Crippen molar-refractivity contribution in [2.45, 2.75) is 37.7 Å². The molecule has 0 spiro atoms. The Morgan fingerprint density at radius 1 is 1.09 bits per heavy atom. The van der Waals surface area contributed by atoms with E-state index >= 15 is 0 Å². The summed E-state index contributed by atoms with van der Waals surface area (Å²) in [4.78, 5) is 11.9. The van der Waals surface area contributed by atoms with Crippen LogP contribution in [-0.4, -0.2) is 76.1 Å². The van der Waals surface area contributed by atoms with Gasteiger partial charge < -0.3 is 19.9 Å². The van der Waals surface area contributed by atoms with Gasteiger partial charge in [0.25, 0.3) is 0 Å². The summed E-state index contributed by atoms with van der Waals surface area (Å²) in [6.45, 7) is 5.66. The average molecular weight is 504 g/mol. The number of ether oxygens (including phenoxy) is 1. The van der Waals surface area contributed by atoms with Crippen LogP contribution in [0.5, 0.6) is 5.75 Å². The van der Waals surface area contributed by atoms with Gasteiger partial charge in [-0.15, -0.1) is 13.2 Å².